The van der Waals surface area contributed by atoms with Crippen LogP contribution in [0.3, 0.4) is 0 Å². The maximum absolute atomic E-state index is 12.3. The van der Waals surface area contributed by atoms with Crippen LogP contribution in [-0.2, 0) is 20.4 Å². The highest BCUT2D eigenvalue weighted by Gasteiger charge is 2.29. The van der Waals surface area contributed by atoms with Crippen molar-refractivity contribution >= 4 is 21.6 Å². The SMILES string of the molecule is COC(C)(CNS(=O)(=O)c1ccccc1)c1cccc(Cl)c1. The van der Waals surface area contributed by atoms with Crippen molar-refractivity contribution in [1.82, 2.24) is 4.72 Å². The molecule has 0 heterocycles. The van der Waals surface area contributed by atoms with Gasteiger partial charge >= 0.3 is 0 Å². The third-order valence-corrected chi connectivity index (χ3v) is 5.19. The first kappa shape index (κ1) is 17.0. The van der Waals surface area contributed by atoms with Crippen LogP contribution in [0.4, 0.5) is 0 Å². The molecule has 0 aliphatic carbocycles. The monoisotopic (exact) mass is 339 g/mol. The summed E-state index contributed by atoms with van der Waals surface area (Å²) in [5, 5.41) is 0.576. The molecule has 0 bridgehead atoms. The number of benzene rings is 2. The molecule has 2 rings (SSSR count). The Morgan fingerprint density at radius 3 is 2.41 bits per heavy atom. The molecule has 22 heavy (non-hydrogen) atoms. The van der Waals surface area contributed by atoms with E-state index in [1.54, 1.807) is 48.5 Å². The number of rotatable bonds is 6. The zero-order chi connectivity index (χ0) is 16.2. The summed E-state index contributed by atoms with van der Waals surface area (Å²) in [4.78, 5) is 0.222. The van der Waals surface area contributed by atoms with Crippen LogP contribution in [0.15, 0.2) is 59.5 Å². The Kier molecular flexibility index (Phi) is 5.24. The lowest BCUT2D eigenvalue weighted by Gasteiger charge is -2.29. The van der Waals surface area contributed by atoms with Crippen molar-refractivity contribution in [3.8, 4) is 0 Å². The summed E-state index contributed by atoms with van der Waals surface area (Å²) >= 11 is 6.00. The molecule has 1 unspecified atom stereocenters. The number of methoxy groups -OCH3 is 1. The molecule has 0 fully saturated rings. The number of sulfonamides is 1. The van der Waals surface area contributed by atoms with E-state index in [-0.39, 0.29) is 11.4 Å². The standard InChI is InChI=1S/C16H18ClNO3S/c1-16(21-2,13-7-6-8-14(17)11-13)12-18-22(19,20)15-9-4-3-5-10-15/h3-11,18H,12H2,1-2H3. The zero-order valence-electron chi connectivity index (χ0n) is 12.4. The fourth-order valence-corrected chi connectivity index (χ4v) is 3.36. The second-order valence-electron chi connectivity index (χ2n) is 5.08. The van der Waals surface area contributed by atoms with Crippen LogP contribution in [0.5, 0.6) is 0 Å². The van der Waals surface area contributed by atoms with Crippen LogP contribution in [-0.4, -0.2) is 22.1 Å². The van der Waals surface area contributed by atoms with Gasteiger partial charge in [0, 0.05) is 18.7 Å². The van der Waals surface area contributed by atoms with E-state index in [9.17, 15) is 8.42 Å². The Morgan fingerprint density at radius 2 is 1.82 bits per heavy atom. The van der Waals surface area contributed by atoms with E-state index >= 15 is 0 Å². The van der Waals surface area contributed by atoms with Gasteiger partial charge in [-0.25, -0.2) is 13.1 Å². The summed E-state index contributed by atoms with van der Waals surface area (Å²) in [5.41, 5.74) is -0.00880. The molecule has 2 aromatic rings. The molecule has 0 radical (unpaired) electrons. The van der Waals surface area contributed by atoms with Crippen LogP contribution in [0.25, 0.3) is 0 Å². The Labute approximate surface area is 136 Å². The van der Waals surface area contributed by atoms with Gasteiger partial charge in [0.1, 0.15) is 5.60 Å². The third-order valence-electron chi connectivity index (χ3n) is 3.54. The third kappa shape index (κ3) is 3.87. The minimum Gasteiger partial charge on any atom is -0.372 e. The van der Waals surface area contributed by atoms with Gasteiger partial charge in [0.2, 0.25) is 10.0 Å². The Morgan fingerprint density at radius 1 is 1.14 bits per heavy atom. The minimum absolute atomic E-state index is 0.0983. The molecular formula is C16H18ClNO3S. The van der Waals surface area contributed by atoms with Crippen LogP contribution in [0, 0.1) is 0 Å². The smallest absolute Gasteiger partial charge is 0.240 e. The van der Waals surface area contributed by atoms with Gasteiger partial charge in [-0.05, 0) is 36.8 Å². The fourth-order valence-electron chi connectivity index (χ4n) is 2.03. The summed E-state index contributed by atoms with van der Waals surface area (Å²) in [6.45, 7) is 1.91. The predicted molar refractivity (Wildman–Crippen MR) is 87.4 cm³/mol. The number of hydrogen-bond acceptors (Lipinski definition) is 3. The quantitative estimate of drug-likeness (QED) is 0.879. The first-order valence-electron chi connectivity index (χ1n) is 6.73. The van der Waals surface area contributed by atoms with Crippen molar-refractivity contribution < 1.29 is 13.2 Å². The average Bonchev–Trinajstić information content (AvgIpc) is 2.53. The van der Waals surface area contributed by atoms with Gasteiger partial charge in [-0.15, -0.1) is 0 Å². The normalized spacial score (nSPS) is 14.5. The molecule has 4 nitrogen and oxygen atoms in total. The first-order chi connectivity index (χ1) is 10.4. The summed E-state index contributed by atoms with van der Waals surface area (Å²) in [6.07, 6.45) is 0. The molecule has 0 amide bonds. The number of halogens is 1. The van der Waals surface area contributed by atoms with Crippen LogP contribution >= 0.6 is 11.6 Å². The summed E-state index contributed by atoms with van der Waals surface area (Å²) < 4.78 is 32.7. The van der Waals surface area contributed by atoms with Gasteiger partial charge in [0.15, 0.2) is 0 Å². The van der Waals surface area contributed by atoms with E-state index in [0.29, 0.717) is 5.02 Å². The van der Waals surface area contributed by atoms with Crippen molar-refractivity contribution in [2.75, 3.05) is 13.7 Å². The van der Waals surface area contributed by atoms with E-state index in [0.717, 1.165) is 5.56 Å². The molecule has 2 aromatic carbocycles. The van der Waals surface area contributed by atoms with Gasteiger partial charge < -0.3 is 4.74 Å². The van der Waals surface area contributed by atoms with Crippen LogP contribution in [0.1, 0.15) is 12.5 Å². The fraction of sp³-hybridized carbons (Fsp3) is 0.250. The molecule has 118 valence electrons. The Balaban J connectivity index is 2.21. The van der Waals surface area contributed by atoms with Gasteiger partial charge in [0.05, 0.1) is 4.90 Å². The largest absolute Gasteiger partial charge is 0.372 e. The van der Waals surface area contributed by atoms with Gasteiger partial charge in [-0.1, -0.05) is 41.9 Å². The summed E-state index contributed by atoms with van der Waals surface area (Å²) in [5.74, 6) is 0. The molecule has 0 saturated carbocycles. The average molecular weight is 340 g/mol. The van der Waals surface area contributed by atoms with Crippen molar-refractivity contribution in [2.24, 2.45) is 0 Å². The lowest BCUT2D eigenvalue weighted by molar-refractivity contribution is 0.00699. The minimum atomic E-state index is -3.58. The van der Waals surface area contributed by atoms with Crippen molar-refractivity contribution in [2.45, 2.75) is 17.4 Å². The Bertz CT molecular complexity index is 734. The van der Waals surface area contributed by atoms with E-state index < -0.39 is 15.6 Å². The Hall–Kier alpha value is -1.40. The first-order valence-corrected chi connectivity index (χ1v) is 8.59. The lowest BCUT2D eigenvalue weighted by Crippen LogP contribution is -2.40. The van der Waals surface area contributed by atoms with Crippen molar-refractivity contribution in [3.05, 3.63) is 65.2 Å². The highest BCUT2D eigenvalue weighted by molar-refractivity contribution is 7.89. The van der Waals surface area contributed by atoms with Crippen LogP contribution < -0.4 is 4.72 Å². The van der Waals surface area contributed by atoms with Crippen LogP contribution in [0.2, 0.25) is 5.02 Å². The van der Waals surface area contributed by atoms with E-state index in [2.05, 4.69) is 4.72 Å². The maximum atomic E-state index is 12.3. The van der Waals surface area contributed by atoms with Crippen molar-refractivity contribution in [3.63, 3.8) is 0 Å². The molecule has 1 atom stereocenters. The summed E-state index contributed by atoms with van der Waals surface area (Å²) in [6, 6.07) is 15.4. The zero-order valence-corrected chi connectivity index (χ0v) is 14.0. The maximum Gasteiger partial charge on any atom is 0.240 e. The molecule has 0 spiro atoms. The molecule has 1 N–H and O–H groups in total. The highest BCUT2D eigenvalue weighted by Crippen LogP contribution is 2.26. The molecule has 0 aliphatic heterocycles. The predicted octanol–water partition coefficient (Wildman–Crippen LogP) is 3.18. The number of nitrogens with one attached hydrogen (secondary N) is 1. The summed E-state index contributed by atoms with van der Waals surface area (Å²) in [7, 11) is -2.05. The lowest BCUT2D eigenvalue weighted by atomic mass is 9.96. The second-order valence-corrected chi connectivity index (χ2v) is 7.29. The topological polar surface area (TPSA) is 55.4 Å². The van der Waals surface area contributed by atoms with Gasteiger partial charge in [-0.2, -0.15) is 0 Å². The van der Waals surface area contributed by atoms with E-state index in [4.69, 9.17) is 16.3 Å². The number of ether oxygens (including phenoxy) is 1. The second kappa shape index (κ2) is 6.79. The molecule has 0 aromatic heterocycles. The van der Waals surface area contributed by atoms with Gasteiger partial charge in [0.25, 0.3) is 0 Å². The highest BCUT2D eigenvalue weighted by atomic mass is 35.5. The molecule has 0 saturated heterocycles. The van der Waals surface area contributed by atoms with Crippen molar-refractivity contribution in [1.29, 1.82) is 0 Å². The van der Waals surface area contributed by atoms with E-state index in [1.165, 1.54) is 7.11 Å². The number of hydrogen-bond donors (Lipinski definition) is 1. The molecular weight excluding hydrogens is 322 g/mol. The molecule has 0 aliphatic rings. The molecule has 6 heteroatoms. The van der Waals surface area contributed by atoms with Gasteiger partial charge in [-0.3, -0.25) is 0 Å². The van der Waals surface area contributed by atoms with E-state index in [1.807, 2.05) is 13.0 Å².